The number of carbonyl (C=O) groups excluding carboxylic acids is 3. The molecule has 0 radical (unpaired) electrons. The van der Waals surface area contributed by atoms with Gasteiger partial charge in [0.05, 0.1) is 53.3 Å². The Labute approximate surface area is 444 Å². The summed E-state index contributed by atoms with van der Waals surface area (Å²) in [5, 5.41) is 10.5. The van der Waals surface area contributed by atoms with Crippen LogP contribution in [0.1, 0.15) is 110 Å². The van der Waals surface area contributed by atoms with Crippen molar-refractivity contribution in [2.24, 2.45) is 7.05 Å². The molecule has 0 aliphatic carbocycles. The summed E-state index contributed by atoms with van der Waals surface area (Å²) in [5.74, 6) is -2.78. The smallest absolute Gasteiger partial charge is 0.274 e. The zero-order chi connectivity index (χ0) is 54.1. The summed E-state index contributed by atoms with van der Waals surface area (Å²) in [6.45, 7) is 7.78. The predicted molar refractivity (Wildman–Crippen MR) is 288 cm³/mol. The molecule has 9 rings (SSSR count). The number of hydrogen-bond acceptors (Lipinski definition) is 13. The van der Waals surface area contributed by atoms with Crippen LogP contribution in [0.2, 0.25) is 0 Å². The first-order chi connectivity index (χ1) is 36.5. The molecule has 1 fully saturated rings. The Hall–Kier alpha value is -7.26. The number of thiazole rings is 1. The van der Waals surface area contributed by atoms with Crippen molar-refractivity contribution in [1.29, 1.82) is 0 Å². The highest BCUT2D eigenvalue weighted by molar-refractivity contribution is 7.89. The SMILES string of the molecule is CCC.Cc1ncsc1-c1ccc(CNC(=O)C2CCCN2C(=O)Cc2cc(OCCCCCCCCNC(=O)c3cc4c(cc3CS(C)(=O)=O)-c3cn(C)c(=O)c5[nH]cc(c35)CN4c3ncc(F)cc3F)no2)cc1. The zero-order valence-corrected chi connectivity index (χ0v) is 45.0. The molecule has 3 amide bonds. The van der Waals surface area contributed by atoms with Crippen molar-refractivity contribution in [2.45, 2.75) is 110 Å². The van der Waals surface area contributed by atoms with E-state index in [1.54, 1.807) is 47.8 Å². The van der Waals surface area contributed by atoms with Crippen LogP contribution in [0.15, 0.2) is 81.9 Å². The van der Waals surface area contributed by atoms with Crippen LogP contribution in [0, 0.1) is 18.6 Å². The fourth-order valence-electron chi connectivity index (χ4n) is 9.60. The van der Waals surface area contributed by atoms with Crippen molar-refractivity contribution in [2.75, 3.05) is 30.9 Å². The number of carbonyl (C=O) groups is 3. The summed E-state index contributed by atoms with van der Waals surface area (Å²) < 4.78 is 67.7. The van der Waals surface area contributed by atoms with Gasteiger partial charge in [-0.2, -0.15) is 0 Å². The van der Waals surface area contributed by atoms with Crippen LogP contribution in [-0.2, 0) is 51.7 Å². The topological polar surface area (TPSA) is 215 Å². The summed E-state index contributed by atoms with van der Waals surface area (Å²) in [4.78, 5) is 69.2. The van der Waals surface area contributed by atoms with Crippen LogP contribution in [-0.4, -0.2) is 87.7 Å². The highest BCUT2D eigenvalue weighted by Crippen LogP contribution is 2.45. The van der Waals surface area contributed by atoms with Crippen LogP contribution < -0.4 is 25.8 Å². The number of aryl methyl sites for hydroxylation is 2. The number of fused-ring (bicyclic) bond motifs is 2. The third kappa shape index (κ3) is 13.0. The number of pyridine rings is 2. The van der Waals surface area contributed by atoms with E-state index in [1.165, 1.54) is 22.0 Å². The number of halogens is 2. The number of aromatic amines is 1. The molecule has 76 heavy (non-hydrogen) atoms. The van der Waals surface area contributed by atoms with Crippen LogP contribution in [0.25, 0.3) is 32.5 Å². The maximum Gasteiger partial charge on any atom is 0.274 e. The molecule has 3 N–H and O–H groups in total. The molecule has 7 aromatic rings. The lowest BCUT2D eigenvalue weighted by atomic mass is 9.96. The quantitative estimate of drug-likeness (QED) is 0.0609. The number of unbranched alkanes of at least 4 members (excludes halogenated alkanes) is 5. The first-order valence-electron chi connectivity index (χ1n) is 25.6. The minimum Gasteiger partial charge on any atom is -0.476 e. The highest BCUT2D eigenvalue weighted by Gasteiger charge is 2.35. The van der Waals surface area contributed by atoms with Gasteiger partial charge in [0.15, 0.2) is 21.5 Å². The summed E-state index contributed by atoms with van der Waals surface area (Å²) in [5.41, 5.74) is 7.09. The van der Waals surface area contributed by atoms with Gasteiger partial charge in [-0.05, 0) is 72.2 Å². The molecule has 2 aromatic carbocycles. The Morgan fingerprint density at radius 2 is 1.72 bits per heavy atom. The number of rotatable bonds is 20. The van der Waals surface area contributed by atoms with E-state index < -0.39 is 39.2 Å². The monoisotopic (exact) mass is 1080 g/mol. The van der Waals surface area contributed by atoms with E-state index in [2.05, 4.69) is 44.6 Å². The molecule has 21 heteroatoms. The second kappa shape index (κ2) is 24.6. The summed E-state index contributed by atoms with van der Waals surface area (Å²) in [6.07, 6.45) is 12.6. The molecule has 2 aliphatic rings. The molecule has 5 aromatic heterocycles. The zero-order valence-electron chi connectivity index (χ0n) is 43.3. The minimum absolute atomic E-state index is 0.00125. The number of sulfone groups is 1. The third-order valence-corrected chi connectivity index (χ3v) is 15.0. The maximum atomic E-state index is 15.5. The van der Waals surface area contributed by atoms with Gasteiger partial charge in [-0.1, -0.05) is 70.2 Å². The van der Waals surface area contributed by atoms with Crippen molar-refractivity contribution in [3.63, 3.8) is 0 Å². The van der Waals surface area contributed by atoms with Gasteiger partial charge >= 0.3 is 0 Å². The number of hydrogen-bond donors (Lipinski definition) is 3. The number of H-pyrrole nitrogens is 1. The third-order valence-electron chi connectivity index (χ3n) is 13.2. The van der Waals surface area contributed by atoms with E-state index in [0.717, 1.165) is 72.7 Å². The molecule has 1 saturated heterocycles. The van der Waals surface area contributed by atoms with Gasteiger partial charge < -0.3 is 39.2 Å². The standard InChI is InChI=1S/C52H55F2N9O8S2.C3H8/c1-31-48(72-30-59-31)33-14-12-32(13-15-33)24-58-51(66)42-11-10-17-62(42)45(64)22-37-21-44(60-71-37)70-18-9-7-5-4-6-8-16-55-50(65)38-23-43-39(19-34(38)29-73(3,68)69)40-28-61(2)52(67)47-46(40)35(25-56-47)27-63(43)49-41(54)20-36(53)26-57-49;1-3-2/h12-15,19-21,23,25-26,28,30,42,56H,4-11,16-18,22,24,27,29H2,1-3H3,(H,55,65)(H,58,66);3H2,1-2H3. The van der Waals surface area contributed by atoms with Crippen LogP contribution >= 0.6 is 11.3 Å². The van der Waals surface area contributed by atoms with E-state index in [-0.39, 0.29) is 53.2 Å². The Balaban J connectivity index is 0.00000249. The minimum atomic E-state index is -3.66. The van der Waals surface area contributed by atoms with Crippen molar-refractivity contribution in [1.82, 2.24) is 40.2 Å². The number of aromatic nitrogens is 5. The first-order valence-corrected chi connectivity index (χ1v) is 28.5. The predicted octanol–water partition coefficient (Wildman–Crippen LogP) is 9.24. The molecule has 1 unspecified atom stereocenters. The molecular weight excluding hydrogens is 1020 g/mol. The maximum absolute atomic E-state index is 15.5. The molecule has 2 aliphatic heterocycles. The highest BCUT2D eigenvalue weighted by atomic mass is 32.2. The lowest BCUT2D eigenvalue weighted by molar-refractivity contribution is -0.138. The second-order valence-electron chi connectivity index (χ2n) is 19.3. The molecule has 0 bridgehead atoms. The molecule has 0 spiro atoms. The van der Waals surface area contributed by atoms with E-state index in [4.69, 9.17) is 9.26 Å². The number of nitrogens with one attached hydrogen (secondary N) is 3. The fourth-order valence-corrected chi connectivity index (χ4v) is 11.2. The van der Waals surface area contributed by atoms with Crippen LogP contribution in [0.4, 0.5) is 20.3 Å². The van der Waals surface area contributed by atoms with Crippen LogP contribution in [0.5, 0.6) is 5.88 Å². The van der Waals surface area contributed by atoms with Gasteiger partial charge in [0, 0.05) is 79.5 Å². The number of anilines is 2. The average molecular weight is 1080 g/mol. The lowest BCUT2D eigenvalue weighted by Gasteiger charge is -2.26. The Bertz CT molecular complexity index is 3390. The molecule has 7 heterocycles. The number of likely N-dealkylation sites (tertiary alicyclic amines) is 1. The molecule has 402 valence electrons. The van der Waals surface area contributed by atoms with Gasteiger partial charge in [-0.15, -0.1) is 11.3 Å². The average Bonchev–Trinajstić information content (AvgIpc) is 4.30. The van der Waals surface area contributed by atoms with Crippen molar-refractivity contribution >= 4 is 61.3 Å². The summed E-state index contributed by atoms with van der Waals surface area (Å²) in [7, 11) is -2.07. The molecule has 17 nitrogen and oxygen atoms in total. The van der Waals surface area contributed by atoms with E-state index in [9.17, 15) is 32.0 Å². The first kappa shape index (κ1) is 55.0. The van der Waals surface area contributed by atoms with E-state index >= 15 is 4.39 Å². The van der Waals surface area contributed by atoms with Crippen LogP contribution in [0.3, 0.4) is 0 Å². The largest absolute Gasteiger partial charge is 0.476 e. The van der Waals surface area contributed by atoms with Gasteiger partial charge in [0.1, 0.15) is 23.1 Å². The number of benzene rings is 2. The summed E-state index contributed by atoms with van der Waals surface area (Å²) >= 11 is 1.59. The normalized spacial score (nSPS) is 14.0. The van der Waals surface area contributed by atoms with Gasteiger partial charge in [-0.25, -0.2) is 27.2 Å². The molecule has 1 atom stereocenters. The fraction of sp³-hybridized carbons (Fsp3) is 0.400. The second-order valence-corrected chi connectivity index (χ2v) is 22.3. The van der Waals surface area contributed by atoms with E-state index in [0.29, 0.717) is 84.2 Å². The summed E-state index contributed by atoms with van der Waals surface area (Å²) in [6, 6.07) is 12.9. The number of amides is 3. The van der Waals surface area contributed by atoms with Crippen molar-refractivity contribution in [3.05, 3.63) is 128 Å². The lowest BCUT2D eigenvalue weighted by Crippen LogP contribution is -2.46. The Morgan fingerprint density at radius 1 is 0.974 bits per heavy atom. The molecular formula is C55H63F2N9O8S2. The van der Waals surface area contributed by atoms with Gasteiger partial charge in [0.25, 0.3) is 17.3 Å². The van der Waals surface area contributed by atoms with Gasteiger partial charge in [-0.3, -0.25) is 19.2 Å². The number of nitrogens with zero attached hydrogens (tertiary/aromatic N) is 6. The van der Waals surface area contributed by atoms with Crippen molar-refractivity contribution in [3.8, 4) is 27.4 Å². The van der Waals surface area contributed by atoms with Crippen molar-refractivity contribution < 1.29 is 40.8 Å². The Morgan fingerprint density at radius 3 is 2.45 bits per heavy atom. The van der Waals surface area contributed by atoms with E-state index in [1.807, 2.05) is 36.7 Å². The Kier molecular flexibility index (Phi) is 17.8. The number of ether oxygens (including phenoxy) is 1. The van der Waals surface area contributed by atoms with Gasteiger partial charge in [0.2, 0.25) is 11.8 Å². The molecule has 0 saturated carbocycles.